The number of fused-ring (bicyclic) bond motifs is 6. The van der Waals surface area contributed by atoms with Crippen LogP contribution in [0.25, 0.3) is 21.9 Å². The number of hydrogen-bond acceptors (Lipinski definition) is 8. The van der Waals surface area contributed by atoms with Gasteiger partial charge in [-0.1, -0.05) is 6.58 Å². The lowest BCUT2D eigenvalue weighted by molar-refractivity contribution is -0.115. The molecule has 1 fully saturated rings. The first-order valence-corrected chi connectivity index (χ1v) is 14.7. The molecule has 2 aromatic heterocycles. The van der Waals surface area contributed by atoms with Gasteiger partial charge in [0.1, 0.15) is 29.4 Å². The van der Waals surface area contributed by atoms with Crippen LogP contribution in [0, 0.1) is 18.8 Å². The second-order valence-electron chi connectivity index (χ2n) is 11.5. The van der Waals surface area contributed by atoms with Crippen LogP contribution >= 0.6 is 0 Å². The quantitative estimate of drug-likeness (QED) is 0.204. The van der Waals surface area contributed by atoms with Crippen LogP contribution in [0.4, 0.5) is 17.2 Å². The van der Waals surface area contributed by atoms with Crippen molar-refractivity contribution in [3.63, 3.8) is 0 Å². The molecule has 0 amide bonds. The van der Waals surface area contributed by atoms with Crippen LogP contribution in [-0.2, 0) is 11.8 Å². The first kappa shape index (κ1) is 26.9. The summed E-state index contributed by atoms with van der Waals surface area (Å²) in [5.74, 6) is 4.07. The molecule has 1 saturated heterocycles. The predicted molar refractivity (Wildman–Crippen MR) is 169 cm³/mol. The third-order valence-electron chi connectivity index (χ3n) is 8.75. The molecule has 0 aliphatic carbocycles. The van der Waals surface area contributed by atoms with Crippen molar-refractivity contribution in [3.05, 3.63) is 79.4 Å². The number of hydrogen-bond donors (Lipinski definition) is 1. The number of anilines is 3. The Morgan fingerprint density at radius 3 is 2.91 bits per heavy atom. The van der Waals surface area contributed by atoms with Gasteiger partial charge < -0.3 is 24.3 Å². The molecule has 7 rings (SSSR count). The van der Waals surface area contributed by atoms with E-state index in [-0.39, 0.29) is 5.78 Å². The lowest BCUT2D eigenvalue weighted by atomic mass is 9.82. The number of nitrogens with one attached hydrogen (secondary N) is 1. The van der Waals surface area contributed by atoms with Crippen LogP contribution in [0.15, 0.2) is 73.8 Å². The van der Waals surface area contributed by atoms with Gasteiger partial charge in [-0.05, 0) is 73.7 Å². The number of carbonyl (C=O) groups excluding carboxylic acids is 1. The Hall–Kier alpha value is -4.92. The number of ether oxygens (including phenoxy) is 2. The van der Waals surface area contributed by atoms with Crippen molar-refractivity contribution in [2.75, 3.05) is 29.9 Å². The molecule has 0 saturated carbocycles. The SMILES string of the molecule is C=CC(=O)CCC1CCN2C[C@H]1COc1cc3ncnc(Nc4ccc(Oc5ccc6c(c5)ncn6C)c(C)c4)c3cc12. The van der Waals surface area contributed by atoms with Gasteiger partial charge in [-0.25, -0.2) is 15.0 Å². The summed E-state index contributed by atoms with van der Waals surface area (Å²) in [4.78, 5) is 27.8. The number of aryl methyl sites for hydroxylation is 2. The van der Waals surface area contributed by atoms with E-state index in [1.807, 2.05) is 54.9 Å². The molecule has 2 bridgehead atoms. The number of nitrogens with zero attached hydrogens (tertiary/aromatic N) is 5. The summed E-state index contributed by atoms with van der Waals surface area (Å²) in [6.07, 6.45) is 7.29. The molecule has 5 aromatic rings. The maximum absolute atomic E-state index is 11.8. The number of piperidine rings is 1. The van der Waals surface area contributed by atoms with Crippen molar-refractivity contribution in [1.29, 1.82) is 0 Å². The maximum atomic E-state index is 11.8. The van der Waals surface area contributed by atoms with E-state index in [9.17, 15) is 4.79 Å². The zero-order valence-electron chi connectivity index (χ0n) is 24.4. The highest BCUT2D eigenvalue weighted by molar-refractivity contribution is 5.95. The number of rotatable bonds is 8. The molecule has 0 spiro atoms. The van der Waals surface area contributed by atoms with Crippen LogP contribution in [0.2, 0.25) is 0 Å². The first-order chi connectivity index (χ1) is 20.9. The first-order valence-electron chi connectivity index (χ1n) is 14.7. The fourth-order valence-electron chi connectivity index (χ4n) is 6.31. The zero-order valence-corrected chi connectivity index (χ0v) is 24.4. The summed E-state index contributed by atoms with van der Waals surface area (Å²) < 4.78 is 14.5. The van der Waals surface area contributed by atoms with E-state index < -0.39 is 0 Å². The summed E-state index contributed by atoms with van der Waals surface area (Å²) in [6.45, 7) is 8.12. The van der Waals surface area contributed by atoms with Crippen molar-refractivity contribution < 1.29 is 14.3 Å². The second kappa shape index (κ2) is 11.1. The van der Waals surface area contributed by atoms with Gasteiger partial charge in [0.05, 0.1) is 35.2 Å². The monoisotopic (exact) mass is 574 g/mol. The summed E-state index contributed by atoms with van der Waals surface area (Å²) >= 11 is 0. The lowest BCUT2D eigenvalue weighted by Crippen LogP contribution is -2.41. The van der Waals surface area contributed by atoms with Crippen molar-refractivity contribution >= 4 is 44.9 Å². The van der Waals surface area contributed by atoms with E-state index in [2.05, 4.69) is 43.9 Å². The average molecular weight is 575 g/mol. The highest BCUT2D eigenvalue weighted by atomic mass is 16.5. The summed E-state index contributed by atoms with van der Waals surface area (Å²) in [5.41, 5.74) is 5.75. The smallest absolute Gasteiger partial charge is 0.155 e. The summed E-state index contributed by atoms with van der Waals surface area (Å²) in [5, 5.41) is 4.44. The van der Waals surface area contributed by atoms with Crippen molar-refractivity contribution in [2.24, 2.45) is 18.9 Å². The van der Waals surface area contributed by atoms with E-state index in [4.69, 9.17) is 9.47 Å². The largest absolute Gasteiger partial charge is 0.491 e. The number of ketones is 1. The highest BCUT2D eigenvalue weighted by Crippen LogP contribution is 2.42. The Balaban J connectivity index is 1.11. The molecule has 43 heavy (non-hydrogen) atoms. The standard InChI is InChI=1S/C34H34N6O3/c1-4-25(41)7-5-22-11-12-40-17-23(22)18-42-33-16-28-27(15-31(33)40)34(36-19-35-28)38-24-6-10-32(21(2)13-24)43-26-8-9-30-29(14-26)37-20-39(30)3/h4,6,8-10,13-16,19-20,22-23H,1,5,7,11-12,17-18H2,2-3H3,(H,35,36,38)/t22?,23-/m0/s1. The minimum absolute atomic E-state index is 0.116. The predicted octanol–water partition coefficient (Wildman–Crippen LogP) is 6.73. The Labute approximate surface area is 250 Å². The van der Waals surface area contributed by atoms with E-state index in [1.165, 1.54) is 6.08 Å². The van der Waals surface area contributed by atoms with Gasteiger partial charge in [-0.3, -0.25) is 4.79 Å². The number of benzene rings is 3. The molecule has 4 heterocycles. The van der Waals surface area contributed by atoms with Crippen LogP contribution < -0.4 is 19.7 Å². The molecule has 2 aliphatic rings. The van der Waals surface area contributed by atoms with Crippen molar-refractivity contribution in [3.8, 4) is 17.2 Å². The minimum atomic E-state index is 0.116. The van der Waals surface area contributed by atoms with Gasteiger partial charge in [0.2, 0.25) is 0 Å². The molecule has 9 heteroatoms. The fourth-order valence-corrected chi connectivity index (χ4v) is 6.31. The van der Waals surface area contributed by atoms with Gasteiger partial charge >= 0.3 is 0 Å². The Kier molecular flexibility index (Phi) is 6.93. The maximum Gasteiger partial charge on any atom is 0.155 e. The van der Waals surface area contributed by atoms with Crippen LogP contribution in [0.5, 0.6) is 17.2 Å². The number of allylic oxidation sites excluding steroid dienone is 1. The van der Waals surface area contributed by atoms with Crippen LogP contribution in [-0.4, -0.2) is 45.0 Å². The molecule has 2 aliphatic heterocycles. The zero-order chi connectivity index (χ0) is 29.5. The molecule has 0 radical (unpaired) electrons. The molecular formula is C34H34N6O3. The van der Waals surface area contributed by atoms with Gasteiger partial charge in [-0.15, -0.1) is 0 Å². The Bertz CT molecular complexity index is 1860. The molecule has 9 nitrogen and oxygen atoms in total. The molecular weight excluding hydrogens is 540 g/mol. The molecule has 1 N–H and O–H groups in total. The van der Waals surface area contributed by atoms with E-state index >= 15 is 0 Å². The summed E-state index contributed by atoms with van der Waals surface area (Å²) in [6, 6.07) is 16.1. The molecule has 3 aromatic carbocycles. The van der Waals surface area contributed by atoms with E-state index in [0.717, 1.165) is 87.9 Å². The normalized spacial score (nSPS) is 17.7. The topological polar surface area (TPSA) is 94.4 Å². The van der Waals surface area contributed by atoms with Crippen molar-refractivity contribution in [2.45, 2.75) is 26.2 Å². The highest BCUT2D eigenvalue weighted by Gasteiger charge is 2.34. The second-order valence-corrected chi connectivity index (χ2v) is 11.5. The van der Waals surface area contributed by atoms with E-state index in [1.54, 1.807) is 12.7 Å². The fraction of sp³-hybridized carbons (Fsp3) is 0.294. The van der Waals surface area contributed by atoms with E-state index in [0.29, 0.717) is 24.9 Å². The average Bonchev–Trinajstić information content (AvgIpc) is 3.32. The van der Waals surface area contributed by atoms with Gasteiger partial charge in [0, 0.05) is 55.7 Å². The van der Waals surface area contributed by atoms with Crippen molar-refractivity contribution in [1.82, 2.24) is 19.5 Å². The number of carbonyl (C=O) groups is 1. The minimum Gasteiger partial charge on any atom is -0.491 e. The van der Waals surface area contributed by atoms with Gasteiger partial charge in [0.15, 0.2) is 5.78 Å². The molecule has 218 valence electrons. The lowest BCUT2D eigenvalue weighted by Gasteiger charge is -2.37. The Morgan fingerprint density at radius 1 is 1.14 bits per heavy atom. The Morgan fingerprint density at radius 2 is 2.05 bits per heavy atom. The molecule has 2 atom stereocenters. The third-order valence-corrected chi connectivity index (χ3v) is 8.75. The van der Waals surface area contributed by atoms with Gasteiger partial charge in [0.25, 0.3) is 0 Å². The van der Waals surface area contributed by atoms with Crippen LogP contribution in [0.1, 0.15) is 24.8 Å². The van der Waals surface area contributed by atoms with Crippen LogP contribution in [0.3, 0.4) is 0 Å². The summed E-state index contributed by atoms with van der Waals surface area (Å²) in [7, 11) is 1.98. The van der Waals surface area contributed by atoms with Gasteiger partial charge in [-0.2, -0.15) is 0 Å². The molecule has 1 unspecified atom stereocenters. The number of imidazole rings is 1. The number of aromatic nitrogens is 4. The third kappa shape index (κ3) is 5.27.